The van der Waals surface area contributed by atoms with Crippen LogP contribution in [-0.4, -0.2) is 224 Å². The van der Waals surface area contributed by atoms with Gasteiger partial charge in [-0.1, -0.05) is 0 Å². The van der Waals surface area contributed by atoms with Gasteiger partial charge in [-0.05, 0) is 536 Å². The Morgan fingerprint density at radius 2 is 0.356 bits per heavy atom. The lowest BCUT2D eigenvalue weighted by Crippen LogP contribution is -2.32. The molecule has 18 heteroatoms. The molecule has 0 amide bonds. The fourth-order valence-electron chi connectivity index (χ4n) is 11.6. The van der Waals surface area contributed by atoms with Crippen LogP contribution in [0.1, 0.15) is 495 Å². The van der Waals surface area contributed by atoms with Crippen LogP contribution in [0.3, 0.4) is 0 Å². The van der Waals surface area contributed by atoms with Crippen molar-refractivity contribution in [1.29, 1.82) is 0 Å². The highest BCUT2D eigenvalue weighted by Gasteiger charge is 2.38. The first-order valence-corrected chi connectivity index (χ1v) is 45.3. The minimum Gasteiger partial charge on any atom is -0.374 e. The van der Waals surface area contributed by atoms with Gasteiger partial charge in [0.1, 0.15) is 0 Å². The zero-order valence-electron chi connectivity index (χ0n) is 139. The highest BCUT2D eigenvalue weighted by Crippen LogP contribution is 2.40. The SMILES string of the molecule is [2H]C([2H])([2H])OC(C)(C)/C(C)=C(/C)C(C)(C)OCC.[2H]C([2H])OC(C)(C)/C(C)=C(/C)C(C)(C)OC([2H])([2H])C.[2H]C([2H])OC(C)(C)/C(C)=C(/C)C(C)(C)OC([2H])([2H])C([2H])([2H])[2H].[2H]C([2H])OC(C)(C)/C(C)=C(/C)C(C)(C)OC([2H])([2H])C([2H])[2H].[2H]C([2H])OC(C)(C)/C(C)=C(/C)C(C)(C)OC([2H])C.[2H]C([2H])OC(C)(C)/C(C)=C(/C)C(C)(C)OC([2H])C([2H])([2H])[2H].[2H]C([2H])OC(C)(C)/C(C)=C(/C)C(C)(C)OC([2H])C([2H])[2H].[2H]CC([2H])([2H])OC(C)(C)/C(C)=C(/C)C(C)(C)OC([2H])[2H].[2H]CC([2H])OC(C)(C)/C(C)=C(/C)C(C)(C)OC([2H])[2H]. The van der Waals surface area contributed by atoms with Crippen molar-refractivity contribution in [2.75, 3.05) is 123 Å². The van der Waals surface area contributed by atoms with Crippen molar-refractivity contribution in [3.63, 3.8) is 0 Å². The van der Waals surface area contributed by atoms with Gasteiger partial charge in [0, 0.05) is 139 Å². The Bertz CT molecular complexity index is 5140. The predicted octanol–water partition coefficient (Wildman–Crippen LogP) is 32.1. The summed E-state index contributed by atoms with van der Waals surface area (Å²) in [5.41, 5.74) is -0.189. The van der Waals surface area contributed by atoms with Crippen LogP contribution in [0.4, 0.5) is 0 Å². The lowest BCUT2D eigenvalue weighted by atomic mass is 9.87. The van der Waals surface area contributed by atoms with E-state index in [0.717, 1.165) is 83.6 Å². The maximum atomic E-state index is 7.60. The van der Waals surface area contributed by atoms with E-state index in [-0.39, 0.29) is 6.90 Å². The molecule has 4 atom stereocenters. The summed E-state index contributed by atoms with van der Waals surface area (Å²) in [4.78, 5) is 0. The van der Waals surface area contributed by atoms with Gasteiger partial charge < -0.3 is 85.3 Å². The van der Waals surface area contributed by atoms with Crippen molar-refractivity contribution in [3.05, 3.63) is 100 Å². The van der Waals surface area contributed by atoms with E-state index in [4.69, 9.17) is 144 Å². The van der Waals surface area contributed by atoms with Gasteiger partial charge in [-0.3, -0.25) is 0 Å². The molecule has 0 radical (unpaired) electrons. The largest absolute Gasteiger partial charge is 0.374 e. The summed E-state index contributed by atoms with van der Waals surface area (Å²) >= 11 is 0. The van der Waals surface area contributed by atoms with Crippen molar-refractivity contribution in [2.45, 2.75) is 537 Å². The number of rotatable bonds is 45. The monoisotopic (exact) mass is 1970 g/mol. The molecule has 4 unspecified atom stereocenters. The maximum Gasteiger partial charge on any atom is 0.0836 e. The second kappa shape index (κ2) is 63.9. The van der Waals surface area contributed by atoms with Crippen molar-refractivity contribution >= 4 is 0 Å². The van der Waals surface area contributed by atoms with E-state index >= 15 is 0 Å². The Labute approximate surface area is 901 Å². The highest BCUT2D eigenvalue weighted by molar-refractivity contribution is 5.32. The van der Waals surface area contributed by atoms with Crippen LogP contribution in [0.2, 0.25) is 0 Å². The summed E-state index contributed by atoms with van der Waals surface area (Å²) in [6.45, 7) is 79.7. The van der Waals surface area contributed by atoms with Crippen LogP contribution in [-0.2, 0) is 85.3 Å². The van der Waals surface area contributed by atoms with Crippen molar-refractivity contribution in [1.82, 2.24) is 0 Å². The zero-order valence-corrected chi connectivity index (χ0v) is 96.1. The molecule has 0 rings (SSSR count). The average Bonchev–Trinajstić information content (AvgIpc) is 0.772. The number of hydrogen-bond donors (Lipinski definition) is 0. The van der Waals surface area contributed by atoms with Crippen molar-refractivity contribution in [2.24, 2.45) is 0 Å². The van der Waals surface area contributed by atoms with Gasteiger partial charge in [-0.25, -0.2) is 0 Å². The third kappa shape index (κ3) is 52.3. The summed E-state index contributed by atoms with van der Waals surface area (Å²) in [6.07, 6.45) is 0. The number of hydrogen-bond acceptors (Lipinski definition) is 18. The molecule has 135 heavy (non-hydrogen) atoms. The third-order valence-electron chi connectivity index (χ3n) is 27.2. The van der Waals surface area contributed by atoms with Gasteiger partial charge in [-0.15, -0.1) is 0 Å². The fourth-order valence-corrected chi connectivity index (χ4v) is 11.6. The highest BCUT2D eigenvalue weighted by atomic mass is 16.5. The van der Waals surface area contributed by atoms with E-state index in [1.165, 1.54) is 6.92 Å². The Kier molecular flexibility index (Phi) is 38.9. The summed E-state index contributed by atoms with van der Waals surface area (Å²) in [7, 11) is -13.5. The standard InChI is InChI=1S/9C13H26O2/c9*1-9-15-13(6,7)11(3)10(2)12(4,5)14-8/h9*9H2,1-8H3/b9*11-10-/i1D3,8D2,9D2;1D3,8D2,9D;1D2,8D2,9D2;1D2,8D2,9D;1D,8D2,9D2;1D,8D2,9D;8D2,9D2;8D2,9D;8D3. The summed E-state index contributed by atoms with van der Waals surface area (Å²) in [5.74, 6) is 0. The Morgan fingerprint density at radius 3 is 0.533 bits per heavy atom. The molecule has 0 N–H and O–H groups in total. The molecule has 0 saturated carbocycles. The first kappa shape index (κ1) is 82.2. The van der Waals surface area contributed by atoms with E-state index in [1.54, 1.807) is 242 Å². The molecule has 0 heterocycles. The lowest BCUT2D eigenvalue weighted by Gasteiger charge is -2.33. The van der Waals surface area contributed by atoms with E-state index in [9.17, 15) is 0 Å². The van der Waals surface area contributed by atoms with Crippen LogP contribution in [0.15, 0.2) is 100 Å². The minimum absolute atomic E-state index is 0.114. The molecular formula is C117H234O18. The van der Waals surface area contributed by atoms with Crippen LogP contribution in [0.25, 0.3) is 0 Å². The molecule has 0 bridgehead atoms. The Hall–Kier alpha value is -3.06. The van der Waals surface area contributed by atoms with E-state index < -0.39 is 251 Å². The molecule has 0 aromatic heterocycles. The van der Waals surface area contributed by atoms with Gasteiger partial charge in [0.15, 0.2) is 0 Å². The number of methoxy groups -OCH3 is 9. The zero-order chi connectivity index (χ0) is 146. The number of ether oxygens (including phenoxy) is 18. The molecule has 0 fully saturated rings. The second-order valence-electron chi connectivity index (χ2n) is 42.0. The van der Waals surface area contributed by atoms with E-state index in [1.807, 2.05) is 145 Å². The normalized spacial score (nSPS) is 21.7. The molecule has 0 aliphatic carbocycles. The Morgan fingerprint density at radius 1 is 0.170 bits per heavy atom. The van der Waals surface area contributed by atoms with Crippen LogP contribution >= 0.6 is 0 Å². The fraction of sp³-hybridized carbons (Fsp3) is 0.846. The van der Waals surface area contributed by atoms with Crippen molar-refractivity contribution in [3.8, 4) is 0 Å². The third-order valence-corrected chi connectivity index (χ3v) is 27.2. The van der Waals surface area contributed by atoms with Gasteiger partial charge in [-0.2, -0.15) is 0 Å². The molecule has 0 aliphatic heterocycles. The van der Waals surface area contributed by atoms with E-state index in [0.29, 0.717) is 23.3 Å². The van der Waals surface area contributed by atoms with Gasteiger partial charge >= 0.3 is 0 Å². The molecular weight excluding hydrogens is 1690 g/mol. The summed E-state index contributed by atoms with van der Waals surface area (Å²) in [6, 6.07) is 0. The summed E-state index contributed by atoms with van der Waals surface area (Å²) in [5, 5.41) is 0. The first-order valence-electron chi connectivity index (χ1n) is 69.0. The van der Waals surface area contributed by atoms with Gasteiger partial charge in [0.2, 0.25) is 0 Å². The topological polar surface area (TPSA) is 166 Å². The van der Waals surface area contributed by atoms with Gasteiger partial charge in [0.25, 0.3) is 0 Å². The van der Waals surface area contributed by atoms with Gasteiger partial charge in [0.05, 0.1) is 143 Å². The van der Waals surface area contributed by atoms with Crippen molar-refractivity contribution < 1.29 is 144 Å². The molecule has 810 valence electrons. The maximum absolute atomic E-state index is 7.60. The molecule has 0 saturated heterocycles. The Balaban J connectivity index is -0.000000258. The smallest absolute Gasteiger partial charge is 0.0836 e. The lowest BCUT2D eigenvalue weighted by molar-refractivity contribution is 0.0109. The predicted molar refractivity (Wildman–Crippen MR) is 587 cm³/mol. The average molecular weight is 1970 g/mol. The molecule has 0 spiro atoms. The van der Waals surface area contributed by atoms with Crippen LogP contribution in [0.5, 0.6) is 0 Å². The summed E-state index contributed by atoms with van der Waals surface area (Å²) < 4.78 is 410. The quantitative estimate of drug-likeness (QED) is 0.0528. The molecule has 18 nitrogen and oxygen atoms in total. The molecule has 0 aromatic carbocycles. The molecule has 0 aromatic rings. The first-order chi connectivity index (χ1) is 77.6. The van der Waals surface area contributed by atoms with Crippen LogP contribution in [0, 0.1) is 0 Å². The minimum atomic E-state index is -2.90. The molecule has 0 aliphatic rings. The van der Waals surface area contributed by atoms with E-state index in [2.05, 4.69) is 0 Å². The van der Waals surface area contributed by atoms with Crippen LogP contribution < -0.4 is 0 Å². The second-order valence-corrected chi connectivity index (χ2v) is 42.0.